The van der Waals surface area contributed by atoms with Crippen LogP contribution in [0.4, 0.5) is 0 Å². The molecule has 0 atom stereocenters. The monoisotopic (exact) mass is 365 g/mol. The van der Waals surface area contributed by atoms with Gasteiger partial charge in [0.25, 0.3) is 0 Å². The zero-order valence-electron chi connectivity index (χ0n) is 15.3. The van der Waals surface area contributed by atoms with E-state index in [4.69, 9.17) is 0 Å². The fourth-order valence-electron chi connectivity index (χ4n) is 3.59. The number of ketones is 1. The van der Waals surface area contributed by atoms with E-state index < -0.39 is 0 Å². The van der Waals surface area contributed by atoms with Crippen LogP contribution >= 0.6 is 0 Å². The number of carbonyl (C=O) groups is 1. The maximum absolute atomic E-state index is 12.7. The van der Waals surface area contributed by atoms with Gasteiger partial charge in [-0.05, 0) is 49.2 Å². The Morgan fingerprint density at radius 3 is 2.74 bits per heavy atom. The second kappa shape index (κ2) is 8.22. The molecule has 0 spiro atoms. The summed E-state index contributed by atoms with van der Waals surface area (Å²) in [6.45, 7) is 3.19. The number of piperidine rings is 1. The Bertz CT molecular complexity index is 910. The highest BCUT2D eigenvalue weighted by Gasteiger charge is 2.17. The molecule has 4 heterocycles. The highest BCUT2D eigenvalue weighted by molar-refractivity contribution is 6.01. The van der Waals surface area contributed by atoms with Gasteiger partial charge in [-0.2, -0.15) is 5.10 Å². The summed E-state index contributed by atoms with van der Waals surface area (Å²) >= 11 is 0. The van der Waals surface area contributed by atoms with Gasteiger partial charge in [0.1, 0.15) is 5.69 Å². The van der Waals surface area contributed by atoms with Crippen molar-refractivity contribution in [2.75, 3.05) is 13.1 Å². The number of nitrogens with one attached hydrogen (secondary N) is 1. The van der Waals surface area contributed by atoms with Gasteiger partial charge in [0.15, 0.2) is 5.78 Å². The minimum Gasteiger partial charge on any atom is -0.299 e. The Balaban J connectivity index is 0.00000150. The number of pyridine rings is 2. The number of rotatable bonds is 6. The largest absolute Gasteiger partial charge is 0.299 e. The average molecular weight is 365 g/mol. The number of likely N-dealkylation sites (tertiary alicyclic amines) is 1. The van der Waals surface area contributed by atoms with Crippen LogP contribution in [0.5, 0.6) is 0 Å². The van der Waals surface area contributed by atoms with Crippen LogP contribution in [0.1, 0.15) is 43.7 Å². The average Bonchev–Trinajstić information content (AvgIpc) is 3.20. The Morgan fingerprint density at radius 2 is 1.93 bits per heavy atom. The second-order valence-electron chi connectivity index (χ2n) is 7.04. The molecule has 0 aromatic carbocycles. The zero-order chi connectivity index (χ0) is 18.5. The first-order chi connectivity index (χ1) is 13.3. The molecule has 142 valence electrons. The maximum atomic E-state index is 12.7. The Labute approximate surface area is 161 Å². The SMILES string of the molecule is O=C(Cc1cccnc1)c1[nH]ncc1-c1cncc(CN2CCCCC2)c1.[HH].[HH]. The molecule has 0 bridgehead atoms. The summed E-state index contributed by atoms with van der Waals surface area (Å²) in [4.78, 5) is 23.7. The first kappa shape index (κ1) is 17.5. The quantitative estimate of drug-likeness (QED) is 0.673. The third-order valence-corrected chi connectivity index (χ3v) is 4.97. The Morgan fingerprint density at radius 1 is 1.07 bits per heavy atom. The number of aromatic nitrogens is 4. The number of hydrogen-bond acceptors (Lipinski definition) is 5. The van der Waals surface area contributed by atoms with Gasteiger partial charge in [-0.3, -0.25) is 24.8 Å². The van der Waals surface area contributed by atoms with E-state index in [0.717, 1.165) is 36.3 Å². The minimum atomic E-state index is -0.00284. The fourth-order valence-corrected chi connectivity index (χ4v) is 3.59. The van der Waals surface area contributed by atoms with Crippen molar-refractivity contribution in [3.63, 3.8) is 0 Å². The molecule has 3 aromatic heterocycles. The highest BCUT2D eigenvalue weighted by Crippen LogP contribution is 2.24. The van der Waals surface area contributed by atoms with Crippen molar-refractivity contribution in [2.45, 2.75) is 32.2 Å². The van der Waals surface area contributed by atoms with Gasteiger partial charge in [-0.25, -0.2) is 0 Å². The van der Waals surface area contributed by atoms with E-state index in [-0.39, 0.29) is 8.64 Å². The maximum Gasteiger partial charge on any atom is 0.185 e. The molecule has 3 aromatic rings. The van der Waals surface area contributed by atoms with Crippen molar-refractivity contribution in [1.82, 2.24) is 25.1 Å². The van der Waals surface area contributed by atoms with Crippen molar-refractivity contribution >= 4 is 5.78 Å². The van der Waals surface area contributed by atoms with Gasteiger partial charge in [0.2, 0.25) is 0 Å². The summed E-state index contributed by atoms with van der Waals surface area (Å²) in [7, 11) is 0. The van der Waals surface area contributed by atoms with Crippen molar-refractivity contribution < 1.29 is 7.65 Å². The van der Waals surface area contributed by atoms with E-state index in [1.807, 2.05) is 18.3 Å². The second-order valence-corrected chi connectivity index (χ2v) is 7.04. The standard InChI is InChI=1S/C21H23N5O.2H2/c27-20(10-16-5-4-6-22-11-16)21-19(14-24-25-21)18-9-17(12-23-13-18)15-26-7-2-1-3-8-26;;/h4-6,9,11-14H,1-3,7-8,10,15H2,(H,24,25);2*1H. The topological polar surface area (TPSA) is 74.8 Å². The summed E-state index contributed by atoms with van der Waals surface area (Å²) in [5.74, 6) is -0.00284. The van der Waals surface area contributed by atoms with Crippen LogP contribution in [-0.4, -0.2) is 43.9 Å². The normalized spacial score (nSPS) is 15.0. The van der Waals surface area contributed by atoms with Crippen LogP contribution in [0, 0.1) is 0 Å². The molecule has 1 N–H and O–H groups in total. The molecular formula is C21H27N5O. The lowest BCUT2D eigenvalue weighted by Gasteiger charge is -2.26. The van der Waals surface area contributed by atoms with E-state index in [9.17, 15) is 4.79 Å². The summed E-state index contributed by atoms with van der Waals surface area (Å²) in [6, 6.07) is 5.86. The lowest BCUT2D eigenvalue weighted by atomic mass is 10.0. The summed E-state index contributed by atoms with van der Waals surface area (Å²) in [5, 5.41) is 6.97. The Kier molecular flexibility index (Phi) is 5.34. The van der Waals surface area contributed by atoms with Crippen LogP contribution in [-0.2, 0) is 13.0 Å². The molecule has 0 saturated carbocycles. The number of carbonyl (C=O) groups excluding carboxylic acids is 1. The van der Waals surface area contributed by atoms with Crippen LogP contribution in [0.3, 0.4) is 0 Å². The van der Waals surface area contributed by atoms with Crippen LogP contribution in [0.15, 0.2) is 49.2 Å². The fraction of sp³-hybridized carbons (Fsp3) is 0.333. The number of aromatic amines is 1. The highest BCUT2D eigenvalue weighted by atomic mass is 16.1. The third kappa shape index (κ3) is 4.28. The van der Waals surface area contributed by atoms with Crippen molar-refractivity contribution in [1.29, 1.82) is 0 Å². The first-order valence-electron chi connectivity index (χ1n) is 9.42. The number of H-pyrrole nitrogens is 1. The van der Waals surface area contributed by atoms with Gasteiger partial charge in [-0.15, -0.1) is 0 Å². The molecule has 1 fully saturated rings. The van der Waals surface area contributed by atoms with Crippen LogP contribution < -0.4 is 0 Å². The summed E-state index contributed by atoms with van der Waals surface area (Å²) in [6.07, 6.45) is 13.0. The summed E-state index contributed by atoms with van der Waals surface area (Å²) < 4.78 is 0. The van der Waals surface area contributed by atoms with Gasteiger partial charge < -0.3 is 0 Å². The smallest absolute Gasteiger partial charge is 0.185 e. The van der Waals surface area contributed by atoms with Crippen molar-refractivity contribution in [3.05, 3.63) is 66.0 Å². The summed E-state index contributed by atoms with van der Waals surface area (Å²) in [5.41, 5.74) is 4.31. The van der Waals surface area contributed by atoms with Gasteiger partial charge in [0, 0.05) is 51.7 Å². The molecule has 27 heavy (non-hydrogen) atoms. The predicted octanol–water partition coefficient (Wildman–Crippen LogP) is 3.77. The number of nitrogens with zero attached hydrogens (tertiary/aromatic N) is 4. The van der Waals surface area contributed by atoms with E-state index >= 15 is 0 Å². The molecule has 0 amide bonds. The molecule has 0 aliphatic carbocycles. The predicted molar refractivity (Wildman–Crippen MR) is 107 cm³/mol. The van der Waals surface area contributed by atoms with E-state index in [2.05, 4.69) is 31.1 Å². The zero-order valence-corrected chi connectivity index (χ0v) is 15.3. The molecule has 1 aliphatic heterocycles. The molecular weight excluding hydrogens is 338 g/mol. The first-order valence-corrected chi connectivity index (χ1v) is 9.42. The van der Waals surface area contributed by atoms with E-state index in [1.54, 1.807) is 24.8 Å². The lowest BCUT2D eigenvalue weighted by molar-refractivity contribution is 0.0988. The molecule has 1 saturated heterocycles. The minimum absolute atomic E-state index is 0. The number of Topliss-reactive ketones (excluding diaryl/α,β-unsaturated/α-hetero) is 1. The molecule has 6 nitrogen and oxygen atoms in total. The molecule has 0 radical (unpaired) electrons. The lowest BCUT2D eigenvalue weighted by Crippen LogP contribution is -2.29. The third-order valence-electron chi connectivity index (χ3n) is 4.97. The molecule has 1 aliphatic rings. The van der Waals surface area contributed by atoms with E-state index in [1.165, 1.54) is 24.8 Å². The van der Waals surface area contributed by atoms with Gasteiger partial charge in [-0.1, -0.05) is 12.5 Å². The van der Waals surface area contributed by atoms with Crippen LogP contribution in [0.25, 0.3) is 11.1 Å². The van der Waals surface area contributed by atoms with Gasteiger partial charge in [0.05, 0.1) is 6.20 Å². The van der Waals surface area contributed by atoms with Crippen LogP contribution in [0.2, 0.25) is 0 Å². The molecule has 6 heteroatoms. The van der Waals surface area contributed by atoms with E-state index in [0.29, 0.717) is 12.1 Å². The molecule has 4 rings (SSSR count). The molecule has 0 unspecified atom stereocenters. The van der Waals surface area contributed by atoms with Crippen molar-refractivity contribution in [2.24, 2.45) is 0 Å². The van der Waals surface area contributed by atoms with Gasteiger partial charge >= 0.3 is 0 Å². The Hall–Kier alpha value is -2.86. The van der Waals surface area contributed by atoms with Crippen molar-refractivity contribution in [3.8, 4) is 11.1 Å². The number of hydrogen-bond donors (Lipinski definition) is 1.